The van der Waals surface area contributed by atoms with E-state index in [2.05, 4.69) is 4.72 Å². The molecule has 0 aliphatic heterocycles. The van der Waals surface area contributed by atoms with Crippen molar-refractivity contribution < 1.29 is 18.3 Å². The Balaban J connectivity index is 2.03. The molecule has 0 amide bonds. The lowest BCUT2D eigenvalue weighted by Crippen LogP contribution is -2.14. The van der Waals surface area contributed by atoms with Crippen LogP contribution in [0.5, 0.6) is 0 Å². The molecular formula is C18H16N2O4S2. The van der Waals surface area contributed by atoms with Crippen molar-refractivity contribution in [3.8, 4) is 10.4 Å². The second-order valence-corrected chi connectivity index (χ2v) is 8.44. The molecule has 0 fully saturated rings. The van der Waals surface area contributed by atoms with E-state index in [4.69, 9.17) is 5.73 Å². The Hall–Kier alpha value is -2.84. The third-order valence-electron chi connectivity index (χ3n) is 3.64. The van der Waals surface area contributed by atoms with Gasteiger partial charge in [0.2, 0.25) is 0 Å². The van der Waals surface area contributed by atoms with E-state index >= 15 is 0 Å². The predicted octanol–water partition coefficient (Wildman–Crippen LogP) is 3.80. The van der Waals surface area contributed by atoms with E-state index in [-0.39, 0.29) is 15.5 Å². The third-order valence-corrected chi connectivity index (χ3v) is 6.18. The minimum absolute atomic E-state index is 0.0291. The zero-order valence-electron chi connectivity index (χ0n) is 13.8. The van der Waals surface area contributed by atoms with Gasteiger partial charge in [0, 0.05) is 10.6 Å². The quantitative estimate of drug-likeness (QED) is 0.576. The SMILES string of the molecule is Cc1cccc(S(=O)(=O)Nc2cc(-c3cccc(N)c3)sc2C(=O)O)c1. The Labute approximate surface area is 155 Å². The van der Waals surface area contributed by atoms with Crippen molar-refractivity contribution in [3.05, 3.63) is 65.0 Å². The molecule has 0 saturated carbocycles. The lowest BCUT2D eigenvalue weighted by molar-refractivity contribution is 0.0703. The van der Waals surface area contributed by atoms with Gasteiger partial charge in [0.1, 0.15) is 4.88 Å². The highest BCUT2D eigenvalue weighted by Crippen LogP contribution is 2.36. The van der Waals surface area contributed by atoms with Crippen molar-refractivity contribution in [1.82, 2.24) is 0 Å². The summed E-state index contributed by atoms with van der Waals surface area (Å²) in [6.07, 6.45) is 0. The molecule has 0 aliphatic carbocycles. The average Bonchev–Trinajstić information content (AvgIpc) is 2.98. The summed E-state index contributed by atoms with van der Waals surface area (Å²) in [6, 6.07) is 14.9. The monoisotopic (exact) mass is 388 g/mol. The first-order valence-electron chi connectivity index (χ1n) is 7.59. The van der Waals surface area contributed by atoms with E-state index in [1.807, 2.05) is 0 Å². The first-order valence-corrected chi connectivity index (χ1v) is 9.89. The zero-order valence-corrected chi connectivity index (χ0v) is 15.4. The van der Waals surface area contributed by atoms with Gasteiger partial charge >= 0.3 is 5.97 Å². The van der Waals surface area contributed by atoms with Crippen LogP contribution in [-0.4, -0.2) is 19.5 Å². The van der Waals surface area contributed by atoms with Crippen LogP contribution >= 0.6 is 11.3 Å². The molecule has 0 spiro atoms. The molecule has 3 aromatic rings. The van der Waals surface area contributed by atoms with Crippen LogP contribution in [0.2, 0.25) is 0 Å². The highest BCUT2D eigenvalue weighted by atomic mass is 32.2. The minimum atomic E-state index is -3.90. The van der Waals surface area contributed by atoms with Gasteiger partial charge in [0.25, 0.3) is 10.0 Å². The Kier molecular flexibility index (Phi) is 4.71. The van der Waals surface area contributed by atoms with Gasteiger partial charge in [0.05, 0.1) is 10.6 Å². The maximum Gasteiger partial charge on any atom is 0.348 e. The standard InChI is InChI=1S/C18H16N2O4S2/c1-11-4-2-7-14(8-11)26(23,24)20-15-10-16(25-17(15)18(21)22)12-5-3-6-13(19)9-12/h2-10,20H,19H2,1H3,(H,21,22). The molecule has 0 unspecified atom stereocenters. The fraction of sp³-hybridized carbons (Fsp3) is 0.0556. The number of carbonyl (C=O) groups is 1. The van der Waals surface area contributed by atoms with Crippen LogP contribution in [0.4, 0.5) is 11.4 Å². The van der Waals surface area contributed by atoms with Crippen molar-refractivity contribution in [2.45, 2.75) is 11.8 Å². The summed E-state index contributed by atoms with van der Waals surface area (Å²) in [6.45, 7) is 1.78. The number of thiophene rings is 1. The number of carboxylic acid groups (broad SMARTS) is 1. The van der Waals surface area contributed by atoms with Crippen molar-refractivity contribution >= 4 is 38.7 Å². The van der Waals surface area contributed by atoms with Crippen LogP contribution in [0, 0.1) is 6.92 Å². The number of hydrogen-bond donors (Lipinski definition) is 3. The normalized spacial score (nSPS) is 11.3. The summed E-state index contributed by atoms with van der Waals surface area (Å²) in [4.78, 5) is 12.2. The van der Waals surface area contributed by atoms with Crippen molar-refractivity contribution in [1.29, 1.82) is 0 Å². The summed E-state index contributed by atoms with van der Waals surface area (Å²) in [5, 5.41) is 9.44. The van der Waals surface area contributed by atoms with Crippen molar-refractivity contribution in [2.75, 3.05) is 10.5 Å². The molecule has 26 heavy (non-hydrogen) atoms. The van der Waals surface area contributed by atoms with Gasteiger partial charge in [0.15, 0.2) is 0 Å². The molecule has 4 N–H and O–H groups in total. The van der Waals surface area contributed by atoms with Gasteiger partial charge in [-0.15, -0.1) is 11.3 Å². The summed E-state index contributed by atoms with van der Waals surface area (Å²) in [5.41, 5.74) is 7.84. The fourth-order valence-corrected chi connectivity index (χ4v) is 4.63. The van der Waals surface area contributed by atoms with Gasteiger partial charge in [-0.2, -0.15) is 0 Å². The van der Waals surface area contributed by atoms with E-state index in [1.165, 1.54) is 18.2 Å². The molecule has 3 rings (SSSR count). The smallest absolute Gasteiger partial charge is 0.348 e. The van der Waals surface area contributed by atoms with Gasteiger partial charge < -0.3 is 10.8 Å². The minimum Gasteiger partial charge on any atom is -0.477 e. The van der Waals surface area contributed by atoms with Gasteiger partial charge in [-0.3, -0.25) is 4.72 Å². The van der Waals surface area contributed by atoms with Crippen LogP contribution in [0.15, 0.2) is 59.5 Å². The molecule has 1 heterocycles. The maximum absolute atomic E-state index is 12.6. The molecule has 8 heteroatoms. The van der Waals surface area contributed by atoms with E-state index in [0.29, 0.717) is 10.6 Å². The highest BCUT2D eigenvalue weighted by molar-refractivity contribution is 7.92. The van der Waals surface area contributed by atoms with Crippen LogP contribution in [-0.2, 0) is 10.0 Å². The molecule has 0 atom stereocenters. The zero-order chi connectivity index (χ0) is 18.9. The van der Waals surface area contributed by atoms with Crippen LogP contribution in [0.25, 0.3) is 10.4 Å². The van der Waals surface area contributed by atoms with Crippen molar-refractivity contribution in [3.63, 3.8) is 0 Å². The summed E-state index contributed by atoms with van der Waals surface area (Å²) in [7, 11) is -3.90. The van der Waals surface area contributed by atoms with E-state index in [0.717, 1.165) is 22.5 Å². The van der Waals surface area contributed by atoms with Crippen LogP contribution < -0.4 is 10.5 Å². The number of nitrogens with one attached hydrogen (secondary N) is 1. The Morgan fingerprint density at radius 1 is 1.12 bits per heavy atom. The number of benzene rings is 2. The first kappa shape index (κ1) is 18.0. The summed E-state index contributed by atoms with van der Waals surface area (Å²) >= 11 is 0.986. The van der Waals surface area contributed by atoms with E-state index in [9.17, 15) is 18.3 Å². The number of anilines is 2. The molecule has 0 saturated heterocycles. The van der Waals surface area contributed by atoms with Gasteiger partial charge in [-0.1, -0.05) is 24.3 Å². The predicted molar refractivity (Wildman–Crippen MR) is 103 cm³/mol. The second kappa shape index (κ2) is 6.81. The maximum atomic E-state index is 12.6. The number of aromatic carboxylic acids is 1. The lowest BCUT2D eigenvalue weighted by Gasteiger charge is -2.08. The van der Waals surface area contributed by atoms with Crippen LogP contribution in [0.3, 0.4) is 0 Å². The fourth-order valence-electron chi connectivity index (χ4n) is 2.45. The Bertz CT molecular complexity index is 1090. The summed E-state index contributed by atoms with van der Waals surface area (Å²) < 4.78 is 27.6. The largest absolute Gasteiger partial charge is 0.477 e. The molecule has 0 aliphatic rings. The van der Waals surface area contributed by atoms with E-state index in [1.54, 1.807) is 43.3 Å². The van der Waals surface area contributed by atoms with E-state index < -0.39 is 16.0 Å². The number of nitrogens with two attached hydrogens (primary N) is 1. The second-order valence-electron chi connectivity index (χ2n) is 5.71. The molecule has 2 aromatic carbocycles. The number of hydrogen-bond acceptors (Lipinski definition) is 5. The molecule has 0 radical (unpaired) electrons. The third kappa shape index (κ3) is 3.71. The highest BCUT2D eigenvalue weighted by Gasteiger charge is 2.22. The molecule has 1 aromatic heterocycles. The van der Waals surface area contributed by atoms with Gasteiger partial charge in [-0.05, 0) is 48.4 Å². The van der Waals surface area contributed by atoms with Crippen LogP contribution in [0.1, 0.15) is 15.2 Å². The summed E-state index contributed by atoms with van der Waals surface area (Å²) in [5.74, 6) is -1.20. The Morgan fingerprint density at radius 2 is 1.85 bits per heavy atom. The molecule has 0 bridgehead atoms. The number of aryl methyl sites for hydroxylation is 1. The molecule has 6 nitrogen and oxygen atoms in total. The molecule has 134 valence electrons. The number of sulfonamides is 1. The lowest BCUT2D eigenvalue weighted by atomic mass is 10.1. The topological polar surface area (TPSA) is 109 Å². The number of carboxylic acids is 1. The molecular weight excluding hydrogens is 372 g/mol. The first-order chi connectivity index (χ1) is 12.3. The van der Waals surface area contributed by atoms with Crippen molar-refractivity contribution in [2.24, 2.45) is 0 Å². The average molecular weight is 388 g/mol. The Morgan fingerprint density at radius 3 is 2.50 bits per heavy atom. The number of rotatable bonds is 5. The van der Waals surface area contributed by atoms with Gasteiger partial charge in [-0.25, -0.2) is 13.2 Å². The number of nitrogen functional groups attached to an aromatic ring is 1.